The quantitative estimate of drug-likeness (QED) is 0.113. The molecule has 4 nitrogen and oxygen atoms in total. The number of allylic oxidation sites excluding steroid dienone is 4. The van der Waals surface area contributed by atoms with E-state index >= 15 is 0 Å². The molecular weight excluding hydrogens is 520 g/mol. The van der Waals surface area contributed by atoms with E-state index in [0.29, 0.717) is 11.3 Å². The van der Waals surface area contributed by atoms with Gasteiger partial charge in [-0.2, -0.15) is 0 Å². The Balaban J connectivity index is 0.000000683. The average Bonchev–Trinajstić information content (AvgIpc) is 3.19. The van der Waals surface area contributed by atoms with Crippen LogP contribution in [0.5, 0.6) is 5.75 Å². The largest absolute Gasteiger partial charge is 0.425 e. The summed E-state index contributed by atoms with van der Waals surface area (Å²) in [5.74, 6) is 0.292. The van der Waals surface area contributed by atoms with Gasteiger partial charge in [0.1, 0.15) is 17.5 Å². The number of rotatable bonds is 6. The molecule has 0 aromatic heterocycles. The fraction of sp³-hybridized carbons (Fsp3) is 0.474. The zero-order valence-corrected chi connectivity index (χ0v) is 28.5. The van der Waals surface area contributed by atoms with E-state index in [1.807, 2.05) is 52.8 Å². The highest BCUT2D eigenvalue weighted by Gasteiger charge is 2.53. The first-order valence-electron chi connectivity index (χ1n) is 14.7. The highest BCUT2D eigenvalue weighted by molar-refractivity contribution is 5.97. The molecule has 4 heteroatoms. The molecule has 0 radical (unpaired) electrons. The molecule has 0 aliphatic carbocycles. The van der Waals surface area contributed by atoms with Gasteiger partial charge in [0, 0.05) is 24.8 Å². The van der Waals surface area contributed by atoms with Crippen molar-refractivity contribution in [3.05, 3.63) is 99.7 Å². The Morgan fingerprint density at radius 3 is 1.98 bits per heavy atom. The highest BCUT2D eigenvalue weighted by Crippen LogP contribution is 2.53. The molecule has 230 valence electrons. The lowest BCUT2D eigenvalue weighted by Gasteiger charge is -2.31. The van der Waals surface area contributed by atoms with Crippen molar-refractivity contribution in [1.29, 1.82) is 0 Å². The fourth-order valence-corrected chi connectivity index (χ4v) is 4.70. The number of ether oxygens (including phenoxy) is 2. The van der Waals surface area contributed by atoms with Gasteiger partial charge in [-0.15, -0.1) is 0 Å². The van der Waals surface area contributed by atoms with E-state index in [1.54, 1.807) is 7.11 Å². The summed E-state index contributed by atoms with van der Waals surface area (Å²) in [4.78, 5) is 25.4. The van der Waals surface area contributed by atoms with E-state index in [1.165, 1.54) is 5.57 Å². The van der Waals surface area contributed by atoms with E-state index in [-0.39, 0.29) is 23.2 Å². The Morgan fingerprint density at radius 1 is 1.00 bits per heavy atom. The van der Waals surface area contributed by atoms with Crippen LogP contribution < -0.4 is 4.74 Å². The summed E-state index contributed by atoms with van der Waals surface area (Å²) in [6, 6.07) is 10.3. The second kappa shape index (κ2) is 14.8. The molecule has 0 N–H and O–H groups in total. The molecule has 0 spiro atoms. The van der Waals surface area contributed by atoms with Gasteiger partial charge in [0.25, 0.3) is 0 Å². The first-order valence-corrected chi connectivity index (χ1v) is 14.7. The smallest absolute Gasteiger partial charge is 0.326 e. The standard InChI is InChI=1S/C28H34O3.C7H12.C3H8O/c1-17(16-29)15-28(21-12-10-11-18(2)19(21)3)23-14-20(26(4,5)6)13-22(27(7,8)9)24(23)31-25(28)30;1-5-7(4)6(2)3;1-3-4-2/h10-14,16H,1,15H2,2-9H3;5H,2H2,1,3-4H3;3H2,1-2H3/b;7-5-;. The van der Waals surface area contributed by atoms with Crippen LogP contribution in [0, 0.1) is 13.8 Å². The van der Waals surface area contributed by atoms with Crippen molar-refractivity contribution < 1.29 is 19.1 Å². The third-order valence-corrected chi connectivity index (χ3v) is 7.88. The lowest BCUT2D eigenvalue weighted by Crippen LogP contribution is -2.37. The van der Waals surface area contributed by atoms with Gasteiger partial charge in [0.15, 0.2) is 0 Å². The molecule has 0 bridgehead atoms. The number of esters is 1. The number of fused-ring (bicyclic) bond motifs is 1. The van der Waals surface area contributed by atoms with Crippen LogP contribution in [-0.2, 0) is 30.6 Å². The second-order valence-electron chi connectivity index (χ2n) is 13.2. The lowest BCUT2D eigenvalue weighted by molar-refractivity contribution is -0.136. The molecule has 0 fully saturated rings. The molecule has 2 aromatic rings. The predicted molar refractivity (Wildman–Crippen MR) is 178 cm³/mol. The number of benzene rings is 2. The number of methoxy groups -OCH3 is 1. The molecule has 42 heavy (non-hydrogen) atoms. The van der Waals surface area contributed by atoms with Crippen LogP contribution in [0.15, 0.2) is 66.3 Å². The molecule has 0 amide bonds. The Kier molecular flexibility index (Phi) is 12.9. The van der Waals surface area contributed by atoms with Gasteiger partial charge in [-0.25, -0.2) is 0 Å². The zero-order valence-electron chi connectivity index (χ0n) is 28.5. The van der Waals surface area contributed by atoms with Gasteiger partial charge in [0.2, 0.25) is 0 Å². The van der Waals surface area contributed by atoms with Crippen molar-refractivity contribution in [3.63, 3.8) is 0 Å². The number of aryl methyl sites for hydroxylation is 1. The maximum atomic E-state index is 13.7. The lowest BCUT2D eigenvalue weighted by atomic mass is 9.67. The van der Waals surface area contributed by atoms with Crippen molar-refractivity contribution in [3.8, 4) is 5.75 Å². The van der Waals surface area contributed by atoms with E-state index < -0.39 is 5.41 Å². The predicted octanol–water partition coefficient (Wildman–Crippen LogP) is 9.43. The summed E-state index contributed by atoms with van der Waals surface area (Å²) in [7, 11) is 1.68. The zero-order chi connectivity index (χ0) is 32.6. The fourth-order valence-electron chi connectivity index (χ4n) is 4.70. The summed E-state index contributed by atoms with van der Waals surface area (Å²) in [6.07, 6.45) is 3.00. The molecule has 1 heterocycles. The normalized spacial score (nSPS) is 16.3. The van der Waals surface area contributed by atoms with Crippen LogP contribution in [-0.4, -0.2) is 26.0 Å². The van der Waals surface area contributed by atoms with Gasteiger partial charge >= 0.3 is 5.97 Å². The summed E-state index contributed by atoms with van der Waals surface area (Å²) in [5, 5.41) is 0. The van der Waals surface area contributed by atoms with Crippen LogP contribution in [0.25, 0.3) is 0 Å². The summed E-state index contributed by atoms with van der Waals surface area (Å²) < 4.78 is 10.6. The first-order chi connectivity index (χ1) is 19.3. The molecule has 3 rings (SSSR count). The monoisotopic (exact) mass is 574 g/mol. The highest BCUT2D eigenvalue weighted by atomic mass is 16.5. The number of carbonyl (C=O) groups is 2. The molecule has 0 saturated carbocycles. The molecular formula is C38H54O4. The SMILES string of the molecule is C=C(C)/C(C)=C\C.C=C(C=O)CC1(c2cccc(C)c2C)C(=O)Oc2c(C(C)(C)C)cc(C(C)(C)C)cc21.CCOC. The Labute approximate surface area is 255 Å². The van der Waals surface area contributed by atoms with Crippen molar-refractivity contribution in [2.75, 3.05) is 13.7 Å². The Hall–Kier alpha value is -3.24. The third kappa shape index (κ3) is 8.41. The van der Waals surface area contributed by atoms with Crippen LogP contribution >= 0.6 is 0 Å². The van der Waals surface area contributed by atoms with E-state index in [9.17, 15) is 9.59 Å². The maximum absolute atomic E-state index is 13.7. The minimum absolute atomic E-state index is 0.115. The van der Waals surface area contributed by atoms with Crippen molar-refractivity contribution in [2.24, 2.45) is 0 Å². The van der Waals surface area contributed by atoms with Crippen LogP contribution in [0.4, 0.5) is 0 Å². The average molecular weight is 575 g/mol. The Morgan fingerprint density at radius 2 is 1.57 bits per heavy atom. The first kappa shape index (κ1) is 36.8. The summed E-state index contributed by atoms with van der Waals surface area (Å²) >= 11 is 0. The van der Waals surface area contributed by atoms with Crippen molar-refractivity contribution >= 4 is 12.3 Å². The second-order valence-corrected chi connectivity index (χ2v) is 13.2. The number of hydrogen-bond donors (Lipinski definition) is 0. The van der Waals surface area contributed by atoms with Gasteiger partial charge in [-0.1, -0.05) is 102 Å². The van der Waals surface area contributed by atoms with Gasteiger partial charge in [-0.3, -0.25) is 9.59 Å². The maximum Gasteiger partial charge on any atom is 0.326 e. The van der Waals surface area contributed by atoms with Crippen LogP contribution in [0.1, 0.15) is 109 Å². The van der Waals surface area contributed by atoms with Gasteiger partial charge < -0.3 is 9.47 Å². The van der Waals surface area contributed by atoms with E-state index in [4.69, 9.17) is 4.74 Å². The molecule has 1 atom stereocenters. The van der Waals surface area contributed by atoms with Crippen molar-refractivity contribution in [1.82, 2.24) is 0 Å². The van der Waals surface area contributed by atoms with E-state index in [2.05, 4.69) is 84.6 Å². The summed E-state index contributed by atoms with van der Waals surface area (Å²) in [5.41, 5.74) is 7.38. The van der Waals surface area contributed by atoms with Gasteiger partial charge in [-0.05, 0) is 86.6 Å². The number of hydrogen-bond acceptors (Lipinski definition) is 4. The minimum Gasteiger partial charge on any atom is -0.425 e. The van der Waals surface area contributed by atoms with Crippen LogP contribution in [0.3, 0.4) is 0 Å². The third-order valence-electron chi connectivity index (χ3n) is 7.88. The topological polar surface area (TPSA) is 52.6 Å². The molecule has 2 aromatic carbocycles. The summed E-state index contributed by atoms with van der Waals surface area (Å²) in [6.45, 7) is 33.5. The van der Waals surface area contributed by atoms with Crippen LogP contribution in [0.2, 0.25) is 0 Å². The molecule has 1 aliphatic rings. The molecule has 1 unspecified atom stereocenters. The Bertz CT molecular complexity index is 1330. The molecule has 0 saturated heterocycles. The number of carbonyl (C=O) groups excluding carboxylic acids is 2. The van der Waals surface area contributed by atoms with Gasteiger partial charge in [0.05, 0.1) is 0 Å². The van der Waals surface area contributed by atoms with E-state index in [0.717, 1.165) is 51.8 Å². The minimum atomic E-state index is -1.09. The number of aldehydes is 1. The van der Waals surface area contributed by atoms with Crippen molar-refractivity contribution in [2.45, 2.75) is 106 Å². The molecule has 1 aliphatic heterocycles.